The molecule has 1 saturated heterocycles. The standard InChI is InChI=1S/C16H20N2O4/c1-16(2,3)22-15(21)18-10-12(9-13(18)19)17-14(20)11-7-5-4-6-8-11/h4-8,12H,9-10H2,1-3H3,(H,17,20). The molecule has 1 unspecified atom stereocenters. The van der Waals surface area contributed by atoms with Crippen molar-refractivity contribution in [3.05, 3.63) is 35.9 Å². The number of carbonyl (C=O) groups is 3. The molecule has 22 heavy (non-hydrogen) atoms. The third-order valence-electron chi connectivity index (χ3n) is 3.11. The van der Waals surface area contributed by atoms with Gasteiger partial charge in [-0.05, 0) is 32.9 Å². The van der Waals surface area contributed by atoms with Gasteiger partial charge < -0.3 is 10.1 Å². The number of nitrogens with zero attached hydrogens (tertiary/aromatic N) is 1. The minimum atomic E-state index is -0.672. The molecule has 1 heterocycles. The summed E-state index contributed by atoms with van der Waals surface area (Å²) >= 11 is 0. The Hall–Kier alpha value is -2.37. The zero-order chi connectivity index (χ0) is 16.3. The highest BCUT2D eigenvalue weighted by atomic mass is 16.6. The molecule has 1 aliphatic rings. The van der Waals surface area contributed by atoms with Crippen LogP contribution < -0.4 is 5.32 Å². The highest BCUT2D eigenvalue weighted by molar-refractivity contribution is 5.97. The van der Waals surface area contributed by atoms with Crippen LogP contribution in [0.5, 0.6) is 0 Å². The van der Waals surface area contributed by atoms with E-state index in [4.69, 9.17) is 4.74 Å². The Morgan fingerprint density at radius 1 is 1.23 bits per heavy atom. The monoisotopic (exact) mass is 304 g/mol. The lowest BCUT2D eigenvalue weighted by molar-refractivity contribution is -0.126. The van der Waals surface area contributed by atoms with Crippen LogP contribution in [0.2, 0.25) is 0 Å². The van der Waals surface area contributed by atoms with Gasteiger partial charge >= 0.3 is 6.09 Å². The van der Waals surface area contributed by atoms with Gasteiger partial charge in [-0.25, -0.2) is 9.69 Å². The second kappa shape index (κ2) is 6.17. The first kappa shape index (κ1) is 16.0. The number of carbonyl (C=O) groups excluding carboxylic acids is 3. The maximum Gasteiger partial charge on any atom is 0.417 e. The summed E-state index contributed by atoms with van der Waals surface area (Å²) in [6.45, 7) is 5.34. The molecular weight excluding hydrogens is 284 g/mol. The molecule has 118 valence electrons. The SMILES string of the molecule is CC(C)(C)OC(=O)N1CC(NC(=O)c2ccccc2)CC1=O. The number of benzene rings is 1. The lowest BCUT2D eigenvalue weighted by Crippen LogP contribution is -2.41. The summed E-state index contributed by atoms with van der Waals surface area (Å²) in [5, 5.41) is 2.76. The van der Waals surface area contributed by atoms with Gasteiger partial charge in [0.05, 0.1) is 12.6 Å². The highest BCUT2D eigenvalue weighted by Gasteiger charge is 2.37. The van der Waals surface area contributed by atoms with Crippen molar-refractivity contribution in [1.29, 1.82) is 0 Å². The van der Waals surface area contributed by atoms with Crippen molar-refractivity contribution >= 4 is 17.9 Å². The number of nitrogens with one attached hydrogen (secondary N) is 1. The number of rotatable bonds is 2. The molecule has 0 saturated carbocycles. The summed E-state index contributed by atoms with van der Waals surface area (Å²) in [5.41, 5.74) is -0.145. The van der Waals surface area contributed by atoms with Crippen molar-refractivity contribution < 1.29 is 19.1 Å². The van der Waals surface area contributed by atoms with Crippen molar-refractivity contribution in [2.24, 2.45) is 0 Å². The van der Waals surface area contributed by atoms with Crippen LogP contribution in [-0.4, -0.2) is 41.0 Å². The Bertz CT molecular complexity index is 578. The second-order valence-electron chi connectivity index (χ2n) is 6.23. The molecule has 0 aromatic heterocycles. The Balaban J connectivity index is 1.95. The molecular formula is C16H20N2O4. The molecule has 0 spiro atoms. The van der Waals surface area contributed by atoms with Crippen LogP contribution in [0.4, 0.5) is 4.79 Å². The topological polar surface area (TPSA) is 75.7 Å². The van der Waals surface area contributed by atoms with Gasteiger partial charge in [-0.1, -0.05) is 18.2 Å². The third kappa shape index (κ3) is 4.07. The van der Waals surface area contributed by atoms with Crippen molar-refractivity contribution in [3.8, 4) is 0 Å². The first-order valence-electron chi connectivity index (χ1n) is 7.15. The molecule has 1 aliphatic heterocycles. The lowest BCUT2D eigenvalue weighted by atomic mass is 10.2. The quantitative estimate of drug-likeness (QED) is 0.906. The summed E-state index contributed by atoms with van der Waals surface area (Å²) in [5.74, 6) is -0.600. The predicted molar refractivity (Wildman–Crippen MR) is 80.3 cm³/mol. The van der Waals surface area contributed by atoms with E-state index < -0.39 is 17.7 Å². The molecule has 6 nitrogen and oxygen atoms in total. The van der Waals surface area contributed by atoms with E-state index >= 15 is 0 Å². The van der Waals surface area contributed by atoms with Crippen LogP contribution in [0.3, 0.4) is 0 Å². The van der Waals surface area contributed by atoms with E-state index in [0.29, 0.717) is 5.56 Å². The zero-order valence-electron chi connectivity index (χ0n) is 13.0. The van der Waals surface area contributed by atoms with Crippen LogP contribution in [-0.2, 0) is 9.53 Å². The number of hydrogen-bond donors (Lipinski definition) is 1. The summed E-state index contributed by atoms with van der Waals surface area (Å²) in [6, 6.07) is 8.34. The van der Waals surface area contributed by atoms with Crippen LogP contribution in [0.1, 0.15) is 37.6 Å². The van der Waals surface area contributed by atoms with Crippen molar-refractivity contribution in [2.75, 3.05) is 6.54 Å². The molecule has 1 atom stereocenters. The zero-order valence-corrected chi connectivity index (χ0v) is 13.0. The number of ether oxygens (including phenoxy) is 1. The van der Waals surface area contributed by atoms with Gasteiger partial charge in [0, 0.05) is 12.0 Å². The normalized spacial score (nSPS) is 18.2. The Morgan fingerprint density at radius 2 is 1.86 bits per heavy atom. The fourth-order valence-electron chi connectivity index (χ4n) is 2.16. The summed E-state index contributed by atoms with van der Waals surface area (Å²) in [7, 11) is 0. The van der Waals surface area contributed by atoms with Crippen LogP contribution >= 0.6 is 0 Å². The predicted octanol–water partition coefficient (Wildman–Crippen LogP) is 1.95. The average molecular weight is 304 g/mol. The second-order valence-corrected chi connectivity index (χ2v) is 6.23. The first-order valence-corrected chi connectivity index (χ1v) is 7.15. The molecule has 3 amide bonds. The van der Waals surface area contributed by atoms with Gasteiger partial charge in [-0.15, -0.1) is 0 Å². The van der Waals surface area contributed by atoms with E-state index in [1.54, 1.807) is 45.0 Å². The van der Waals surface area contributed by atoms with E-state index in [0.717, 1.165) is 4.90 Å². The van der Waals surface area contributed by atoms with Gasteiger partial charge in [-0.3, -0.25) is 9.59 Å². The number of hydrogen-bond acceptors (Lipinski definition) is 4. The first-order chi connectivity index (χ1) is 10.3. The molecule has 0 aliphatic carbocycles. The van der Waals surface area contributed by atoms with Gasteiger partial charge in [-0.2, -0.15) is 0 Å². The smallest absolute Gasteiger partial charge is 0.417 e. The molecule has 0 bridgehead atoms. The average Bonchev–Trinajstić information content (AvgIpc) is 2.79. The Morgan fingerprint density at radius 3 is 2.45 bits per heavy atom. The van der Waals surface area contributed by atoms with Gasteiger partial charge in [0.2, 0.25) is 5.91 Å². The Labute approximate surface area is 129 Å². The van der Waals surface area contributed by atoms with Crippen LogP contribution in [0.15, 0.2) is 30.3 Å². The van der Waals surface area contributed by atoms with Crippen molar-refractivity contribution in [2.45, 2.75) is 38.8 Å². The van der Waals surface area contributed by atoms with Gasteiger partial charge in [0.25, 0.3) is 5.91 Å². The third-order valence-corrected chi connectivity index (χ3v) is 3.11. The summed E-state index contributed by atoms with van der Waals surface area (Å²) < 4.78 is 5.18. The van der Waals surface area contributed by atoms with E-state index in [-0.39, 0.29) is 24.8 Å². The lowest BCUT2D eigenvalue weighted by Gasteiger charge is -2.23. The minimum Gasteiger partial charge on any atom is -0.443 e. The molecule has 1 N–H and O–H groups in total. The van der Waals surface area contributed by atoms with Crippen LogP contribution in [0, 0.1) is 0 Å². The van der Waals surface area contributed by atoms with Gasteiger partial charge in [0.15, 0.2) is 0 Å². The summed E-state index contributed by atoms with van der Waals surface area (Å²) in [4.78, 5) is 36.9. The fourth-order valence-corrected chi connectivity index (χ4v) is 2.16. The minimum absolute atomic E-state index is 0.0951. The molecule has 1 fully saturated rings. The van der Waals surface area contributed by atoms with Crippen molar-refractivity contribution in [1.82, 2.24) is 10.2 Å². The Kier molecular flexibility index (Phi) is 4.49. The van der Waals surface area contributed by atoms with E-state index in [1.807, 2.05) is 6.07 Å². The number of likely N-dealkylation sites (tertiary alicyclic amines) is 1. The van der Waals surface area contributed by atoms with Crippen LogP contribution in [0.25, 0.3) is 0 Å². The highest BCUT2D eigenvalue weighted by Crippen LogP contribution is 2.17. The van der Waals surface area contributed by atoms with Gasteiger partial charge in [0.1, 0.15) is 5.60 Å². The maximum atomic E-state index is 12.1. The number of imide groups is 1. The largest absolute Gasteiger partial charge is 0.443 e. The molecule has 6 heteroatoms. The molecule has 0 radical (unpaired) electrons. The van der Waals surface area contributed by atoms with Crippen molar-refractivity contribution in [3.63, 3.8) is 0 Å². The number of amides is 3. The molecule has 1 aromatic rings. The van der Waals surface area contributed by atoms with E-state index in [9.17, 15) is 14.4 Å². The van der Waals surface area contributed by atoms with E-state index in [1.165, 1.54) is 0 Å². The summed E-state index contributed by atoms with van der Waals surface area (Å²) in [6.07, 6.45) is -0.577. The maximum absolute atomic E-state index is 12.1. The molecule has 1 aromatic carbocycles. The fraction of sp³-hybridized carbons (Fsp3) is 0.438. The molecule has 2 rings (SSSR count). The van der Waals surface area contributed by atoms with E-state index in [2.05, 4.69) is 5.32 Å².